The van der Waals surface area contributed by atoms with Gasteiger partial charge in [-0.3, -0.25) is 4.79 Å². The summed E-state index contributed by atoms with van der Waals surface area (Å²) in [4.78, 5) is 16.3. The second-order valence-corrected chi connectivity index (χ2v) is 5.62. The maximum atomic E-state index is 12.0. The van der Waals surface area contributed by atoms with E-state index in [2.05, 4.69) is 36.4 Å². The number of nitrogens with zero attached hydrogens (tertiary/aromatic N) is 2. The van der Waals surface area contributed by atoms with E-state index in [-0.39, 0.29) is 11.3 Å². The predicted molar refractivity (Wildman–Crippen MR) is 71.7 cm³/mol. The molecular weight excluding hydrogens is 228 g/mol. The Bertz CT molecular complexity index is 413. The zero-order chi connectivity index (χ0) is 13.2. The lowest BCUT2D eigenvalue weighted by Gasteiger charge is -2.22. The lowest BCUT2D eigenvalue weighted by atomic mass is 9.90. The van der Waals surface area contributed by atoms with Crippen molar-refractivity contribution in [1.82, 2.24) is 14.9 Å². The van der Waals surface area contributed by atoms with Crippen LogP contribution in [0.25, 0.3) is 0 Å². The lowest BCUT2D eigenvalue weighted by Crippen LogP contribution is -2.33. The molecule has 2 heterocycles. The van der Waals surface area contributed by atoms with Crippen LogP contribution in [0, 0.1) is 5.41 Å². The maximum absolute atomic E-state index is 12.0. The topological polar surface area (TPSA) is 59.0 Å². The van der Waals surface area contributed by atoms with Crippen molar-refractivity contribution in [3.05, 3.63) is 11.9 Å². The minimum absolute atomic E-state index is 0.0831. The summed E-state index contributed by atoms with van der Waals surface area (Å²) in [6.07, 6.45) is 3.94. The van der Waals surface area contributed by atoms with Crippen molar-refractivity contribution in [3.8, 4) is 0 Å². The van der Waals surface area contributed by atoms with Crippen molar-refractivity contribution in [1.29, 1.82) is 0 Å². The van der Waals surface area contributed by atoms with Gasteiger partial charge < -0.3 is 15.2 Å². The molecule has 2 rings (SSSR count). The summed E-state index contributed by atoms with van der Waals surface area (Å²) < 4.78 is 2.00. The number of aryl methyl sites for hydroxylation is 1. The molecule has 0 atom stereocenters. The van der Waals surface area contributed by atoms with Crippen LogP contribution < -0.4 is 10.6 Å². The number of aromatic nitrogens is 2. The summed E-state index contributed by atoms with van der Waals surface area (Å²) >= 11 is 0. The largest absolute Gasteiger partial charge is 0.356 e. The molecule has 0 radical (unpaired) electrons. The first-order valence-corrected chi connectivity index (χ1v) is 6.61. The average Bonchev–Trinajstić information content (AvgIpc) is 2.80. The average molecular weight is 250 g/mol. The van der Waals surface area contributed by atoms with Gasteiger partial charge in [0, 0.05) is 25.8 Å². The van der Waals surface area contributed by atoms with Crippen molar-refractivity contribution in [2.75, 3.05) is 18.4 Å². The number of rotatable bonds is 4. The minimum atomic E-state index is -0.0831. The smallest absolute Gasteiger partial charge is 0.271 e. The molecule has 0 aromatic carbocycles. The molecule has 0 aliphatic carbocycles. The summed E-state index contributed by atoms with van der Waals surface area (Å²) in [7, 11) is 0. The van der Waals surface area contributed by atoms with Gasteiger partial charge in [0.05, 0.1) is 0 Å². The number of carbonyl (C=O) groups is 1. The third-order valence-electron chi connectivity index (χ3n) is 3.55. The van der Waals surface area contributed by atoms with Crippen LogP contribution in [0.5, 0.6) is 0 Å². The van der Waals surface area contributed by atoms with Crippen LogP contribution in [0.1, 0.15) is 44.1 Å². The molecule has 0 saturated carbocycles. The first-order valence-electron chi connectivity index (χ1n) is 6.61. The number of nitrogens with one attached hydrogen (secondary N) is 2. The highest BCUT2D eigenvalue weighted by Crippen LogP contribution is 2.18. The summed E-state index contributed by atoms with van der Waals surface area (Å²) in [6.45, 7) is 8.97. The fourth-order valence-electron chi connectivity index (χ4n) is 1.82. The van der Waals surface area contributed by atoms with E-state index in [4.69, 9.17) is 0 Å². The van der Waals surface area contributed by atoms with Crippen molar-refractivity contribution < 1.29 is 4.79 Å². The van der Waals surface area contributed by atoms with Gasteiger partial charge in [0.15, 0.2) is 0 Å². The number of hydrogen-bond donors (Lipinski definition) is 2. The van der Waals surface area contributed by atoms with Gasteiger partial charge in [0.25, 0.3) is 5.91 Å². The minimum Gasteiger partial charge on any atom is -0.356 e. The van der Waals surface area contributed by atoms with Crippen molar-refractivity contribution in [3.63, 3.8) is 0 Å². The van der Waals surface area contributed by atoms with Gasteiger partial charge in [-0.1, -0.05) is 20.8 Å². The second-order valence-electron chi connectivity index (χ2n) is 5.62. The van der Waals surface area contributed by atoms with Crippen LogP contribution in [0.15, 0.2) is 6.20 Å². The first kappa shape index (κ1) is 12.9. The Morgan fingerprint density at radius 3 is 3.06 bits per heavy atom. The number of amides is 1. The number of hydrogen-bond acceptors (Lipinski definition) is 3. The van der Waals surface area contributed by atoms with Crippen LogP contribution in [-0.4, -0.2) is 28.5 Å². The summed E-state index contributed by atoms with van der Waals surface area (Å²) in [5.74, 6) is 0.723. The zero-order valence-corrected chi connectivity index (χ0v) is 11.4. The molecule has 1 aromatic rings. The molecule has 0 saturated heterocycles. The number of carbonyl (C=O) groups excluding carboxylic acids is 1. The molecule has 0 unspecified atom stereocenters. The lowest BCUT2D eigenvalue weighted by molar-refractivity contribution is 0.0931. The molecule has 5 heteroatoms. The van der Waals surface area contributed by atoms with Crippen molar-refractivity contribution in [2.24, 2.45) is 5.41 Å². The van der Waals surface area contributed by atoms with Crippen LogP contribution in [0.2, 0.25) is 0 Å². The normalized spacial score (nSPS) is 14.8. The fraction of sp³-hybridized carbons (Fsp3) is 0.692. The van der Waals surface area contributed by atoms with E-state index in [0.717, 1.165) is 31.9 Å². The van der Waals surface area contributed by atoms with Gasteiger partial charge in [-0.25, -0.2) is 4.98 Å². The number of fused-ring (bicyclic) bond motifs is 1. The van der Waals surface area contributed by atoms with Crippen LogP contribution in [0.3, 0.4) is 0 Å². The van der Waals surface area contributed by atoms with Crippen LogP contribution >= 0.6 is 0 Å². The highest BCUT2D eigenvalue weighted by molar-refractivity contribution is 5.92. The number of imidazole rings is 1. The Kier molecular flexibility index (Phi) is 3.59. The van der Waals surface area contributed by atoms with Gasteiger partial charge in [-0.05, 0) is 18.3 Å². The van der Waals surface area contributed by atoms with Crippen LogP contribution in [0.4, 0.5) is 5.95 Å². The van der Waals surface area contributed by atoms with E-state index >= 15 is 0 Å². The standard InChI is InChI=1S/C13H22N4O/c1-4-13(2,3)9-15-11(18)10-8-17-7-5-6-14-12(17)16-10/h8H,4-7,9H2,1-3H3,(H,14,16)(H,15,18). The van der Waals surface area contributed by atoms with Gasteiger partial charge in [0.1, 0.15) is 5.69 Å². The van der Waals surface area contributed by atoms with Crippen LogP contribution in [-0.2, 0) is 6.54 Å². The SMILES string of the molecule is CCC(C)(C)CNC(=O)c1cn2c(n1)NCCC2. The molecule has 100 valence electrons. The molecule has 0 spiro atoms. The highest BCUT2D eigenvalue weighted by Gasteiger charge is 2.19. The molecule has 0 bridgehead atoms. The highest BCUT2D eigenvalue weighted by atomic mass is 16.1. The zero-order valence-electron chi connectivity index (χ0n) is 11.4. The summed E-state index contributed by atoms with van der Waals surface area (Å²) in [6, 6.07) is 0. The van der Waals surface area contributed by atoms with Gasteiger partial charge in [-0.15, -0.1) is 0 Å². The Morgan fingerprint density at radius 1 is 1.61 bits per heavy atom. The number of anilines is 1. The maximum Gasteiger partial charge on any atom is 0.271 e. The summed E-state index contributed by atoms with van der Waals surface area (Å²) in [5, 5.41) is 6.15. The predicted octanol–water partition coefficient (Wildman–Crippen LogP) is 1.86. The van der Waals surface area contributed by atoms with E-state index in [0.29, 0.717) is 12.2 Å². The van der Waals surface area contributed by atoms with Crippen molar-refractivity contribution >= 4 is 11.9 Å². The molecule has 1 aliphatic heterocycles. The quantitative estimate of drug-likeness (QED) is 0.857. The third kappa shape index (κ3) is 2.83. The van der Waals surface area contributed by atoms with E-state index in [1.54, 1.807) is 0 Å². The van der Waals surface area contributed by atoms with Gasteiger partial charge in [-0.2, -0.15) is 0 Å². The van der Waals surface area contributed by atoms with E-state index in [9.17, 15) is 4.79 Å². The Morgan fingerprint density at radius 2 is 2.39 bits per heavy atom. The molecule has 18 heavy (non-hydrogen) atoms. The summed E-state index contributed by atoms with van der Waals surface area (Å²) in [5.41, 5.74) is 0.638. The monoisotopic (exact) mass is 250 g/mol. The Hall–Kier alpha value is -1.52. The molecule has 5 nitrogen and oxygen atoms in total. The molecular formula is C13H22N4O. The Balaban J connectivity index is 1.99. The van der Waals surface area contributed by atoms with E-state index in [1.165, 1.54) is 0 Å². The van der Waals surface area contributed by atoms with E-state index < -0.39 is 0 Å². The second kappa shape index (κ2) is 5.00. The molecule has 2 N–H and O–H groups in total. The molecule has 1 amide bonds. The van der Waals surface area contributed by atoms with Crippen molar-refractivity contribution in [2.45, 2.75) is 40.2 Å². The Labute approximate surface area is 108 Å². The molecule has 1 aliphatic rings. The fourth-order valence-corrected chi connectivity index (χ4v) is 1.82. The van der Waals surface area contributed by atoms with E-state index in [1.807, 2.05) is 10.8 Å². The first-order chi connectivity index (χ1) is 8.52. The molecule has 0 fully saturated rings. The third-order valence-corrected chi connectivity index (χ3v) is 3.55. The van der Waals surface area contributed by atoms with Gasteiger partial charge in [0.2, 0.25) is 5.95 Å². The molecule has 1 aromatic heterocycles. The van der Waals surface area contributed by atoms with Gasteiger partial charge >= 0.3 is 0 Å².